The van der Waals surface area contributed by atoms with E-state index in [1.165, 1.54) is 17.4 Å². The fourth-order valence-corrected chi connectivity index (χ4v) is 2.22. The molecule has 0 aliphatic rings. The zero-order valence-electron chi connectivity index (χ0n) is 8.48. The van der Waals surface area contributed by atoms with Crippen molar-refractivity contribution in [1.82, 2.24) is 0 Å². The second-order valence-corrected chi connectivity index (χ2v) is 4.51. The molecule has 0 spiro atoms. The average Bonchev–Trinajstić information content (AvgIpc) is 2.78. The Hall–Kier alpha value is -1.90. The molecule has 0 radical (unpaired) electrons. The molecule has 4 nitrogen and oxygen atoms in total. The van der Waals surface area contributed by atoms with Gasteiger partial charge in [0.15, 0.2) is 0 Å². The second-order valence-electron chi connectivity index (χ2n) is 3.15. The Bertz CT molecular complexity index is 603. The fraction of sp³-hybridized carbons (Fsp3) is 0. The average molecular weight is 264 g/mol. The maximum absolute atomic E-state index is 10.7. The molecule has 1 heterocycles. The molecule has 0 atom stereocenters. The number of benzene rings is 1. The number of nitriles is 1. The van der Waals surface area contributed by atoms with Crippen LogP contribution in [0.4, 0.5) is 16.4 Å². The molecule has 0 unspecified atom stereocenters. The van der Waals surface area contributed by atoms with Crippen molar-refractivity contribution >= 4 is 39.3 Å². The van der Waals surface area contributed by atoms with Gasteiger partial charge in [0, 0.05) is 5.02 Å². The zero-order valence-corrected chi connectivity index (χ0v) is 10.0. The van der Waals surface area contributed by atoms with Crippen LogP contribution in [0.25, 0.3) is 0 Å². The third-order valence-electron chi connectivity index (χ3n) is 2.09. The van der Waals surface area contributed by atoms with E-state index in [0.29, 0.717) is 21.3 Å². The summed E-state index contributed by atoms with van der Waals surface area (Å²) in [6.07, 6.45) is 0. The van der Waals surface area contributed by atoms with E-state index in [0.717, 1.165) is 0 Å². The van der Waals surface area contributed by atoms with Crippen molar-refractivity contribution < 1.29 is 0 Å². The molecule has 0 saturated heterocycles. The molecular weight excluding hydrogens is 258 g/mol. The number of nitroso groups, excluding NO2 is 1. The summed E-state index contributed by atoms with van der Waals surface area (Å²) >= 11 is 7.14. The molecule has 0 amide bonds. The highest BCUT2D eigenvalue weighted by molar-refractivity contribution is 7.14. The van der Waals surface area contributed by atoms with Gasteiger partial charge >= 0.3 is 0 Å². The summed E-state index contributed by atoms with van der Waals surface area (Å²) in [4.78, 5) is 10.7. The molecular formula is C11H6ClN3OS. The van der Waals surface area contributed by atoms with E-state index in [2.05, 4.69) is 16.6 Å². The lowest BCUT2D eigenvalue weighted by Gasteiger charge is -2.06. The lowest BCUT2D eigenvalue weighted by molar-refractivity contribution is 1.46. The first-order valence-electron chi connectivity index (χ1n) is 4.62. The molecule has 2 rings (SSSR count). The van der Waals surface area contributed by atoms with Gasteiger partial charge in [-0.05, 0) is 34.8 Å². The molecule has 2 aromatic rings. The Morgan fingerprint density at radius 1 is 1.41 bits per heavy atom. The van der Waals surface area contributed by atoms with E-state index in [-0.39, 0.29) is 5.69 Å². The van der Waals surface area contributed by atoms with Gasteiger partial charge in [-0.25, -0.2) is 0 Å². The summed E-state index contributed by atoms with van der Waals surface area (Å²) in [6.45, 7) is 0. The van der Waals surface area contributed by atoms with E-state index in [1.54, 1.807) is 23.6 Å². The predicted molar refractivity (Wildman–Crippen MR) is 69.2 cm³/mol. The molecule has 6 heteroatoms. The first kappa shape index (κ1) is 11.6. The second kappa shape index (κ2) is 4.95. The van der Waals surface area contributed by atoms with Crippen LogP contribution >= 0.6 is 22.9 Å². The topological polar surface area (TPSA) is 65.2 Å². The summed E-state index contributed by atoms with van der Waals surface area (Å²) < 4.78 is 0. The fourth-order valence-electron chi connectivity index (χ4n) is 1.30. The number of halogens is 1. The smallest absolute Gasteiger partial charge is 0.132 e. The molecule has 84 valence electrons. The lowest BCUT2D eigenvalue weighted by Crippen LogP contribution is -1.89. The third kappa shape index (κ3) is 2.44. The molecule has 1 aromatic carbocycles. The van der Waals surface area contributed by atoms with Gasteiger partial charge in [-0.1, -0.05) is 11.6 Å². The first-order chi connectivity index (χ1) is 8.24. The van der Waals surface area contributed by atoms with Crippen molar-refractivity contribution in [2.24, 2.45) is 5.18 Å². The number of anilines is 2. The van der Waals surface area contributed by atoms with Gasteiger partial charge in [-0.2, -0.15) is 5.26 Å². The maximum Gasteiger partial charge on any atom is 0.132 e. The SMILES string of the molecule is N#Cc1ccsc1Nc1ccc(Cl)cc1N=O. The Morgan fingerprint density at radius 3 is 2.94 bits per heavy atom. The zero-order chi connectivity index (χ0) is 12.3. The lowest BCUT2D eigenvalue weighted by atomic mass is 10.2. The summed E-state index contributed by atoms with van der Waals surface area (Å²) in [7, 11) is 0. The number of hydrogen-bond donors (Lipinski definition) is 1. The Balaban J connectivity index is 2.37. The van der Waals surface area contributed by atoms with Crippen LogP contribution < -0.4 is 5.32 Å². The highest BCUT2D eigenvalue weighted by atomic mass is 35.5. The van der Waals surface area contributed by atoms with Gasteiger partial charge in [-0.3, -0.25) is 0 Å². The molecule has 1 aromatic heterocycles. The molecule has 0 saturated carbocycles. The van der Waals surface area contributed by atoms with Gasteiger partial charge in [0.25, 0.3) is 0 Å². The number of nitrogens with zero attached hydrogens (tertiary/aromatic N) is 2. The number of rotatable bonds is 3. The van der Waals surface area contributed by atoms with Gasteiger partial charge in [-0.15, -0.1) is 16.2 Å². The summed E-state index contributed by atoms with van der Waals surface area (Å²) in [5, 5.41) is 17.7. The van der Waals surface area contributed by atoms with Crippen LogP contribution in [-0.4, -0.2) is 0 Å². The molecule has 17 heavy (non-hydrogen) atoms. The maximum atomic E-state index is 10.7. The van der Waals surface area contributed by atoms with Crippen LogP contribution in [0.15, 0.2) is 34.8 Å². The van der Waals surface area contributed by atoms with Gasteiger partial charge in [0.2, 0.25) is 0 Å². The van der Waals surface area contributed by atoms with Crippen molar-refractivity contribution in [2.45, 2.75) is 0 Å². The molecule has 0 bridgehead atoms. The third-order valence-corrected chi connectivity index (χ3v) is 3.16. The molecule has 0 aliphatic heterocycles. The van der Waals surface area contributed by atoms with Crippen molar-refractivity contribution in [3.05, 3.63) is 45.1 Å². The van der Waals surface area contributed by atoms with Crippen LogP contribution in [0, 0.1) is 16.2 Å². The normalized spacial score (nSPS) is 9.65. The Labute approximate surface area is 106 Å². The van der Waals surface area contributed by atoms with Crippen molar-refractivity contribution in [2.75, 3.05) is 5.32 Å². The van der Waals surface area contributed by atoms with Crippen LogP contribution in [0.3, 0.4) is 0 Å². The minimum atomic E-state index is 0.217. The monoisotopic (exact) mass is 263 g/mol. The van der Waals surface area contributed by atoms with Crippen LogP contribution in [-0.2, 0) is 0 Å². The summed E-state index contributed by atoms with van der Waals surface area (Å²) in [6, 6.07) is 8.54. The van der Waals surface area contributed by atoms with E-state index in [4.69, 9.17) is 16.9 Å². The summed E-state index contributed by atoms with van der Waals surface area (Å²) in [5.74, 6) is 0. The molecule has 1 N–H and O–H groups in total. The van der Waals surface area contributed by atoms with Gasteiger partial charge < -0.3 is 5.32 Å². The van der Waals surface area contributed by atoms with Crippen LogP contribution in [0.1, 0.15) is 5.56 Å². The van der Waals surface area contributed by atoms with Crippen molar-refractivity contribution in [3.8, 4) is 6.07 Å². The molecule has 0 aliphatic carbocycles. The number of nitrogens with one attached hydrogen (secondary N) is 1. The van der Waals surface area contributed by atoms with Gasteiger partial charge in [0.05, 0.1) is 11.3 Å². The first-order valence-corrected chi connectivity index (χ1v) is 5.88. The Kier molecular flexibility index (Phi) is 3.38. The van der Waals surface area contributed by atoms with E-state index < -0.39 is 0 Å². The van der Waals surface area contributed by atoms with Crippen LogP contribution in [0.5, 0.6) is 0 Å². The van der Waals surface area contributed by atoms with Crippen LogP contribution in [0.2, 0.25) is 5.02 Å². The van der Waals surface area contributed by atoms with Gasteiger partial charge in [0.1, 0.15) is 16.8 Å². The number of hydrogen-bond acceptors (Lipinski definition) is 5. The Morgan fingerprint density at radius 2 is 2.24 bits per heavy atom. The minimum absolute atomic E-state index is 0.217. The molecule has 0 fully saturated rings. The largest absolute Gasteiger partial charge is 0.344 e. The van der Waals surface area contributed by atoms with E-state index in [1.807, 2.05) is 0 Å². The van der Waals surface area contributed by atoms with Crippen molar-refractivity contribution in [1.29, 1.82) is 5.26 Å². The highest BCUT2D eigenvalue weighted by Gasteiger charge is 2.08. The number of thiophene rings is 1. The van der Waals surface area contributed by atoms with Crippen molar-refractivity contribution in [3.63, 3.8) is 0 Å². The van der Waals surface area contributed by atoms with E-state index >= 15 is 0 Å². The minimum Gasteiger partial charge on any atom is -0.344 e. The van der Waals surface area contributed by atoms with E-state index in [9.17, 15) is 4.91 Å². The standard InChI is InChI=1S/C11H6ClN3OS/c12-8-1-2-9(10(5-8)15-16)14-11-7(6-13)3-4-17-11/h1-5,14H. The quantitative estimate of drug-likeness (QED) is 0.834. The predicted octanol–water partition coefficient (Wildman–Crippen LogP) is 4.41. The summed E-state index contributed by atoms with van der Waals surface area (Å²) in [5.41, 5.74) is 1.28. The highest BCUT2D eigenvalue weighted by Crippen LogP contribution is 2.33.